The summed E-state index contributed by atoms with van der Waals surface area (Å²) >= 11 is 0. The number of amides is 2. The van der Waals surface area contributed by atoms with E-state index in [-0.39, 0.29) is 24.2 Å². The van der Waals surface area contributed by atoms with E-state index < -0.39 is 5.54 Å². The maximum atomic E-state index is 13.1. The van der Waals surface area contributed by atoms with E-state index in [9.17, 15) is 9.59 Å². The number of benzene rings is 2. The van der Waals surface area contributed by atoms with Crippen LogP contribution in [-0.4, -0.2) is 47.8 Å². The molecule has 1 atom stereocenters. The molecule has 2 amide bonds. The molecule has 1 aliphatic heterocycles. The first-order valence-corrected chi connectivity index (χ1v) is 9.94. The second-order valence-corrected chi connectivity index (χ2v) is 7.58. The molecule has 0 radical (unpaired) electrons. The molecular formula is C23H30ClN3O2. The van der Waals surface area contributed by atoms with Gasteiger partial charge >= 0.3 is 0 Å². The van der Waals surface area contributed by atoms with Gasteiger partial charge in [0.2, 0.25) is 11.8 Å². The van der Waals surface area contributed by atoms with Gasteiger partial charge in [0.15, 0.2) is 0 Å². The maximum Gasteiger partial charge on any atom is 0.247 e. The molecule has 6 heteroatoms. The molecule has 1 heterocycles. The Morgan fingerprint density at radius 1 is 0.897 bits per heavy atom. The fourth-order valence-corrected chi connectivity index (χ4v) is 3.66. The van der Waals surface area contributed by atoms with Gasteiger partial charge in [0.1, 0.15) is 5.54 Å². The molecule has 1 aliphatic rings. The second-order valence-electron chi connectivity index (χ2n) is 7.58. The summed E-state index contributed by atoms with van der Waals surface area (Å²) in [7, 11) is 0. The third kappa shape index (κ3) is 5.81. The van der Waals surface area contributed by atoms with Crippen LogP contribution in [0, 0.1) is 0 Å². The molecule has 3 rings (SSSR count). The van der Waals surface area contributed by atoms with Crippen LogP contribution in [0.4, 0.5) is 0 Å². The summed E-state index contributed by atoms with van der Waals surface area (Å²) < 4.78 is 0. The zero-order valence-electron chi connectivity index (χ0n) is 16.9. The molecular weight excluding hydrogens is 386 g/mol. The van der Waals surface area contributed by atoms with E-state index >= 15 is 0 Å². The molecule has 1 fully saturated rings. The van der Waals surface area contributed by atoms with Gasteiger partial charge in [0, 0.05) is 32.6 Å². The third-order valence-electron chi connectivity index (χ3n) is 5.42. The summed E-state index contributed by atoms with van der Waals surface area (Å²) in [5, 5.41) is 0. The van der Waals surface area contributed by atoms with E-state index in [4.69, 9.17) is 5.73 Å². The summed E-state index contributed by atoms with van der Waals surface area (Å²) in [6, 6.07) is 19.5. The lowest BCUT2D eigenvalue weighted by atomic mass is 9.91. The summed E-state index contributed by atoms with van der Waals surface area (Å²) in [6.07, 6.45) is 2.01. The molecule has 2 aromatic rings. The van der Waals surface area contributed by atoms with E-state index in [1.54, 1.807) is 11.8 Å². The number of rotatable bonds is 5. The van der Waals surface area contributed by atoms with Gasteiger partial charge < -0.3 is 15.5 Å². The van der Waals surface area contributed by atoms with Gasteiger partial charge in [-0.25, -0.2) is 0 Å². The van der Waals surface area contributed by atoms with Gasteiger partial charge in [-0.05, 0) is 30.9 Å². The van der Waals surface area contributed by atoms with Gasteiger partial charge in [-0.1, -0.05) is 60.7 Å². The third-order valence-corrected chi connectivity index (χ3v) is 5.42. The van der Waals surface area contributed by atoms with E-state index in [1.807, 2.05) is 65.6 Å². The molecule has 1 unspecified atom stereocenters. The molecule has 0 aliphatic carbocycles. The smallest absolute Gasteiger partial charge is 0.247 e. The summed E-state index contributed by atoms with van der Waals surface area (Å²) in [5.41, 5.74) is 7.31. The quantitative estimate of drug-likeness (QED) is 0.816. The van der Waals surface area contributed by atoms with Gasteiger partial charge in [0.25, 0.3) is 0 Å². The molecule has 5 nitrogen and oxygen atoms in total. The van der Waals surface area contributed by atoms with E-state index in [0.29, 0.717) is 32.6 Å². The average molecular weight is 416 g/mol. The highest BCUT2D eigenvalue weighted by atomic mass is 35.5. The van der Waals surface area contributed by atoms with Gasteiger partial charge in [-0.15, -0.1) is 12.4 Å². The highest BCUT2D eigenvalue weighted by molar-refractivity contribution is 5.87. The lowest BCUT2D eigenvalue weighted by molar-refractivity contribution is -0.137. The fourth-order valence-electron chi connectivity index (χ4n) is 3.66. The second kappa shape index (κ2) is 10.4. The molecule has 0 aromatic heterocycles. The SMILES string of the molecule is CC(N)(C(=O)N1CCCN(C(=O)CCc2ccccc2)CC1)c1ccccc1.Cl. The van der Waals surface area contributed by atoms with E-state index in [0.717, 1.165) is 18.4 Å². The molecule has 0 bridgehead atoms. The lowest BCUT2D eigenvalue weighted by Crippen LogP contribution is -2.51. The highest BCUT2D eigenvalue weighted by Crippen LogP contribution is 2.21. The number of nitrogens with zero attached hydrogens (tertiary/aromatic N) is 2. The number of nitrogens with two attached hydrogens (primary N) is 1. The van der Waals surface area contributed by atoms with Crippen molar-refractivity contribution in [2.75, 3.05) is 26.2 Å². The van der Waals surface area contributed by atoms with E-state index in [1.165, 1.54) is 5.56 Å². The first-order valence-electron chi connectivity index (χ1n) is 9.94. The number of hydrogen-bond acceptors (Lipinski definition) is 3. The Balaban J connectivity index is 0.00000300. The predicted molar refractivity (Wildman–Crippen MR) is 118 cm³/mol. The Labute approximate surface area is 179 Å². The van der Waals surface area contributed by atoms with Crippen molar-refractivity contribution in [2.24, 2.45) is 5.73 Å². The predicted octanol–water partition coefficient (Wildman–Crippen LogP) is 2.98. The van der Waals surface area contributed by atoms with Crippen LogP contribution in [0.5, 0.6) is 0 Å². The van der Waals surface area contributed by atoms with Crippen molar-refractivity contribution in [1.29, 1.82) is 0 Å². The van der Waals surface area contributed by atoms with Gasteiger partial charge in [-0.2, -0.15) is 0 Å². The molecule has 1 saturated heterocycles. The molecule has 156 valence electrons. The normalized spacial score (nSPS) is 16.3. The standard InChI is InChI=1S/C23H29N3O2.ClH/c1-23(24,20-11-6-3-7-12-20)22(28)26-16-8-15-25(17-18-26)21(27)14-13-19-9-4-2-5-10-19;/h2-7,9-12H,8,13-18,24H2,1H3;1H. The van der Waals surface area contributed by atoms with Crippen molar-refractivity contribution in [1.82, 2.24) is 9.80 Å². The molecule has 29 heavy (non-hydrogen) atoms. The van der Waals surface area contributed by atoms with Gasteiger partial charge in [-0.3, -0.25) is 9.59 Å². The minimum atomic E-state index is -1.06. The topological polar surface area (TPSA) is 66.6 Å². The van der Waals surface area contributed by atoms with Crippen molar-refractivity contribution in [2.45, 2.75) is 31.7 Å². The first-order chi connectivity index (χ1) is 13.5. The Hall–Kier alpha value is -2.37. The summed E-state index contributed by atoms with van der Waals surface area (Å²) in [6.45, 7) is 4.16. The molecule has 0 saturated carbocycles. The van der Waals surface area contributed by atoms with Crippen LogP contribution < -0.4 is 5.73 Å². The highest BCUT2D eigenvalue weighted by Gasteiger charge is 2.35. The fraction of sp³-hybridized carbons (Fsp3) is 0.391. The Kier molecular flexibility index (Phi) is 8.23. The van der Waals surface area contributed by atoms with Crippen molar-refractivity contribution < 1.29 is 9.59 Å². The Bertz CT molecular complexity index is 796. The summed E-state index contributed by atoms with van der Waals surface area (Å²) in [5.74, 6) is 0.0639. The van der Waals surface area contributed by atoms with Crippen LogP contribution in [0.15, 0.2) is 60.7 Å². The molecule has 0 spiro atoms. The van der Waals surface area contributed by atoms with Crippen LogP contribution in [-0.2, 0) is 21.5 Å². The van der Waals surface area contributed by atoms with Crippen LogP contribution in [0.1, 0.15) is 30.9 Å². The zero-order chi connectivity index (χ0) is 20.0. The first kappa shape index (κ1) is 22.9. The average Bonchev–Trinajstić information content (AvgIpc) is 2.99. The minimum absolute atomic E-state index is 0. The van der Waals surface area contributed by atoms with Crippen molar-refractivity contribution >= 4 is 24.2 Å². The Morgan fingerprint density at radius 2 is 1.45 bits per heavy atom. The maximum absolute atomic E-state index is 13.1. The van der Waals surface area contributed by atoms with Gasteiger partial charge in [0.05, 0.1) is 0 Å². The van der Waals surface area contributed by atoms with E-state index in [2.05, 4.69) is 0 Å². The van der Waals surface area contributed by atoms with Crippen LogP contribution in [0.3, 0.4) is 0 Å². The van der Waals surface area contributed by atoms with Crippen LogP contribution in [0.2, 0.25) is 0 Å². The number of halogens is 1. The largest absolute Gasteiger partial charge is 0.341 e. The minimum Gasteiger partial charge on any atom is -0.341 e. The monoisotopic (exact) mass is 415 g/mol. The summed E-state index contributed by atoms with van der Waals surface area (Å²) in [4.78, 5) is 29.4. The number of hydrogen-bond donors (Lipinski definition) is 1. The lowest BCUT2D eigenvalue weighted by Gasteiger charge is -2.31. The van der Waals surface area contributed by atoms with Crippen molar-refractivity contribution in [3.8, 4) is 0 Å². The van der Waals surface area contributed by atoms with Crippen LogP contribution >= 0.6 is 12.4 Å². The Morgan fingerprint density at radius 3 is 2.10 bits per heavy atom. The molecule has 2 aromatic carbocycles. The van der Waals surface area contributed by atoms with Crippen molar-refractivity contribution in [3.63, 3.8) is 0 Å². The number of carbonyl (C=O) groups excluding carboxylic acids is 2. The van der Waals surface area contributed by atoms with Crippen LogP contribution in [0.25, 0.3) is 0 Å². The van der Waals surface area contributed by atoms with Crippen molar-refractivity contribution in [3.05, 3.63) is 71.8 Å². The molecule has 2 N–H and O–H groups in total. The zero-order valence-corrected chi connectivity index (χ0v) is 17.7. The number of carbonyl (C=O) groups is 2. The number of aryl methyl sites for hydroxylation is 1.